The van der Waals surface area contributed by atoms with E-state index in [2.05, 4.69) is 5.32 Å². The molecule has 0 unspecified atom stereocenters. The van der Waals surface area contributed by atoms with Crippen molar-refractivity contribution in [1.29, 1.82) is 0 Å². The minimum atomic E-state index is -0.572. The van der Waals surface area contributed by atoms with Gasteiger partial charge in [-0.25, -0.2) is 4.98 Å². The van der Waals surface area contributed by atoms with Crippen molar-refractivity contribution in [1.82, 2.24) is 9.55 Å². The maximum absolute atomic E-state index is 13.5. The number of hydrogen-bond donors (Lipinski definition) is 2. The van der Waals surface area contributed by atoms with E-state index in [4.69, 9.17) is 10.7 Å². The summed E-state index contributed by atoms with van der Waals surface area (Å²) in [6.07, 6.45) is 7.23. The van der Waals surface area contributed by atoms with E-state index in [1.807, 2.05) is 4.57 Å². The van der Waals surface area contributed by atoms with E-state index in [-0.39, 0.29) is 23.3 Å². The molecule has 3 aromatic rings. The van der Waals surface area contributed by atoms with Crippen LogP contribution in [0.3, 0.4) is 0 Å². The van der Waals surface area contributed by atoms with E-state index in [1.54, 1.807) is 22.8 Å². The summed E-state index contributed by atoms with van der Waals surface area (Å²) in [5, 5.41) is 6.33. The second-order valence-electron chi connectivity index (χ2n) is 7.91. The van der Waals surface area contributed by atoms with E-state index in [1.165, 1.54) is 33.5 Å². The maximum atomic E-state index is 13.5. The number of anilines is 1. The molecular weight excluding hydrogens is 452 g/mol. The highest BCUT2D eigenvalue weighted by atomic mass is 32.2. The van der Waals surface area contributed by atoms with Crippen molar-refractivity contribution in [2.24, 2.45) is 5.73 Å². The van der Waals surface area contributed by atoms with Crippen LogP contribution in [0, 0.1) is 0 Å². The van der Waals surface area contributed by atoms with E-state index >= 15 is 0 Å². The number of fused-ring (bicyclic) bond motifs is 3. The van der Waals surface area contributed by atoms with Crippen LogP contribution < -0.4 is 16.6 Å². The van der Waals surface area contributed by atoms with Gasteiger partial charge in [0.05, 0.1) is 16.7 Å². The van der Waals surface area contributed by atoms with Crippen LogP contribution in [0.15, 0.2) is 21.4 Å². The summed E-state index contributed by atoms with van der Waals surface area (Å²) in [5.74, 6) is -0.723. The molecule has 2 aliphatic rings. The monoisotopic (exact) mass is 474 g/mol. The van der Waals surface area contributed by atoms with Gasteiger partial charge in [0.15, 0.2) is 5.16 Å². The average Bonchev–Trinajstić information content (AvgIpc) is 3.50. The van der Waals surface area contributed by atoms with Crippen molar-refractivity contribution in [3.8, 4) is 0 Å². The lowest BCUT2D eigenvalue weighted by atomic mass is 10.2. The van der Waals surface area contributed by atoms with Crippen molar-refractivity contribution in [3.63, 3.8) is 0 Å². The van der Waals surface area contributed by atoms with E-state index in [9.17, 15) is 14.4 Å². The number of aryl methyl sites for hydroxylation is 2. The molecule has 0 atom stereocenters. The van der Waals surface area contributed by atoms with Gasteiger partial charge in [0.2, 0.25) is 5.91 Å². The number of hydrogen-bond acceptors (Lipinski definition) is 7. The highest BCUT2D eigenvalue weighted by molar-refractivity contribution is 7.99. The zero-order valence-corrected chi connectivity index (χ0v) is 19.3. The molecule has 0 aliphatic heterocycles. The molecule has 0 radical (unpaired) electrons. The van der Waals surface area contributed by atoms with E-state index in [0.29, 0.717) is 15.7 Å². The van der Waals surface area contributed by atoms with Gasteiger partial charge >= 0.3 is 0 Å². The summed E-state index contributed by atoms with van der Waals surface area (Å²) in [4.78, 5) is 44.5. The van der Waals surface area contributed by atoms with Crippen LogP contribution in [-0.2, 0) is 17.6 Å². The maximum Gasteiger partial charge on any atom is 0.263 e. The topological polar surface area (TPSA) is 107 Å². The molecule has 3 aromatic heterocycles. The summed E-state index contributed by atoms with van der Waals surface area (Å²) >= 11 is 4.16. The molecule has 7 nitrogen and oxygen atoms in total. The normalized spacial score (nSPS) is 16.1. The minimum Gasteiger partial charge on any atom is -0.366 e. The third kappa shape index (κ3) is 3.81. The van der Waals surface area contributed by atoms with E-state index < -0.39 is 5.91 Å². The number of aromatic nitrogens is 2. The van der Waals surface area contributed by atoms with Crippen LogP contribution >= 0.6 is 34.4 Å². The molecule has 2 aliphatic carbocycles. The average molecular weight is 475 g/mol. The number of nitrogens with one attached hydrogen (secondary N) is 1. The van der Waals surface area contributed by atoms with Crippen LogP contribution in [0.25, 0.3) is 10.2 Å². The lowest BCUT2D eigenvalue weighted by Crippen LogP contribution is -2.27. The molecule has 2 amide bonds. The minimum absolute atomic E-state index is 0.0495. The number of rotatable bonds is 6. The van der Waals surface area contributed by atoms with Gasteiger partial charge in [0.25, 0.3) is 11.5 Å². The Morgan fingerprint density at radius 2 is 2.06 bits per heavy atom. The van der Waals surface area contributed by atoms with Crippen LogP contribution in [0.4, 0.5) is 5.00 Å². The molecule has 10 heteroatoms. The quantitative estimate of drug-likeness (QED) is 0.415. The van der Waals surface area contributed by atoms with Gasteiger partial charge in [-0.05, 0) is 49.1 Å². The largest absolute Gasteiger partial charge is 0.366 e. The summed E-state index contributed by atoms with van der Waals surface area (Å²) < 4.78 is 1.85. The van der Waals surface area contributed by atoms with Crippen LogP contribution in [0.5, 0.6) is 0 Å². The Bertz CT molecular complexity index is 1240. The Kier molecular flexibility index (Phi) is 5.61. The lowest BCUT2D eigenvalue weighted by Gasteiger charge is -2.18. The summed E-state index contributed by atoms with van der Waals surface area (Å²) in [6.45, 7) is 0. The fourth-order valence-corrected chi connectivity index (χ4v) is 7.49. The molecule has 3 heterocycles. The van der Waals surface area contributed by atoms with Gasteiger partial charge in [-0.1, -0.05) is 24.6 Å². The predicted molar refractivity (Wildman–Crippen MR) is 126 cm³/mol. The number of nitrogens with zero attached hydrogens (tertiary/aromatic N) is 2. The van der Waals surface area contributed by atoms with E-state index in [0.717, 1.165) is 55.2 Å². The number of nitrogens with two attached hydrogens (primary N) is 1. The molecule has 0 spiro atoms. The van der Waals surface area contributed by atoms with Crippen molar-refractivity contribution < 1.29 is 9.59 Å². The molecule has 162 valence electrons. The van der Waals surface area contributed by atoms with Crippen molar-refractivity contribution in [2.45, 2.75) is 56.1 Å². The molecule has 0 saturated heterocycles. The first-order valence-electron chi connectivity index (χ1n) is 10.4. The number of carbonyl (C=O) groups is 2. The number of thiophene rings is 2. The molecule has 31 heavy (non-hydrogen) atoms. The number of carbonyl (C=O) groups excluding carboxylic acids is 2. The van der Waals surface area contributed by atoms with Gasteiger partial charge in [-0.2, -0.15) is 0 Å². The number of thioether (sulfide) groups is 1. The Balaban J connectivity index is 1.44. The third-order valence-electron chi connectivity index (χ3n) is 5.94. The van der Waals surface area contributed by atoms with Crippen molar-refractivity contribution in [2.75, 3.05) is 11.1 Å². The molecule has 0 bridgehead atoms. The first-order valence-corrected chi connectivity index (χ1v) is 13.1. The van der Waals surface area contributed by atoms with Gasteiger partial charge in [0, 0.05) is 10.9 Å². The second kappa shape index (κ2) is 8.40. The van der Waals surface area contributed by atoms with Crippen LogP contribution in [0.2, 0.25) is 0 Å². The van der Waals surface area contributed by atoms with Crippen molar-refractivity contribution in [3.05, 3.63) is 37.8 Å². The molecule has 3 N–H and O–H groups in total. The molecule has 0 aromatic carbocycles. The fraction of sp³-hybridized carbons (Fsp3) is 0.429. The fourth-order valence-electron chi connectivity index (χ4n) is 4.52. The van der Waals surface area contributed by atoms with Gasteiger partial charge in [-0.15, -0.1) is 22.7 Å². The lowest BCUT2D eigenvalue weighted by molar-refractivity contribution is -0.113. The summed E-state index contributed by atoms with van der Waals surface area (Å²) in [7, 11) is 0. The Morgan fingerprint density at radius 3 is 2.84 bits per heavy atom. The van der Waals surface area contributed by atoms with Crippen LogP contribution in [-0.4, -0.2) is 27.1 Å². The summed E-state index contributed by atoms with van der Waals surface area (Å²) in [6, 6.07) is 1.74. The van der Waals surface area contributed by atoms with Gasteiger partial charge in [0.1, 0.15) is 9.83 Å². The Hall–Kier alpha value is -2.17. The summed E-state index contributed by atoms with van der Waals surface area (Å²) in [5.41, 5.74) is 6.90. The molecular formula is C21H22N4O3S3. The van der Waals surface area contributed by atoms with Crippen LogP contribution in [0.1, 0.15) is 58.9 Å². The number of primary amides is 1. The SMILES string of the molecule is NC(=O)c1ccsc1NC(=O)CSc1nc2sc3c(c2c(=O)n1C1CCCC1)CCC3. The third-order valence-corrected chi connectivity index (χ3v) is 8.91. The Morgan fingerprint density at radius 1 is 1.26 bits per heavy atom. The number of amides is 2. The molecule has 1 saturated carbocycles. The van der Waals surface area contributed by atoms with Crippen molar-refractivity contribution >= 4 is 61.5 Å². The zero-order valence-electron chi connectivity index (χ0n) is 16.8. The predicted octanol–water partition coefficient (Wildman–Crippen LogP) is 3.95. The van der Waals surface area contributed by atoms with Gasteiger partial charge < -0.3 is 11.1 Å². The molecule has 1 fully saturated rings. The highest BCUT2D eigenvalue weighted by Gasteiger charge is 2.28. The Labute approximate surface area is 191 Å². The highest BCUT2D eigenvalue weighted by Crippen LogP contribution is 2.38. The zero-order chi connectivity index (χ0) is 21.5. The second-order valence-corrected chi connectivity index (χ2v) is 10.9. The van der Waals surface area contributed by atoms with Gasteiger partial charge in [-0.3, -0.25) is 19.0 Å². The standard InChI is InChI=1S/C21H22N4O3S3/c22-17(27)13-8-9-29-18(13)23-15(26)10-30-21-24-19-16(12-6-3-7-14(12)31-19)20(28)25(21)11-4-1-2-5-11/h8-9,11H,1-7,10H2,(H2,22,27)(H,23,26). The first-order chi connectivity index (χ1) is 15.0. The smallest absolute Gasteiger partial charge is 0.263 e. The first kappa shape index (κ1) is 20.7. The molecule has 5 rings (SSSR count).